The van der Waals surface area contributed by atoms with Crippen molar-refractivity contribution in [3.63, 3.8) is 0 Å². The number of anilines is 2. The van der Waals surface area contributed by atoms with E-state index >= 15 is 0 Å². The van der Waals surface area contributed by atoms with Gasteiger partial charge in [-0.15, -0.1) is 0 Å². The first-order valence-corrected chi connectivity index (χ1v) is 6.60. The minimum absolute atomic E-state index is 0.197. The van der Waals surface area contributed by atoms with Crippen molar-refractivity contribution in [2.24, 2.45) is 0 Å². The molecule has 110 valence electrons. The smallest absolute Gasteiger partial charge is 0.278 e. The average Bonchev–Trinajstić information content (AvgIpc) is 2.55. The summed E-state index contributed by atoms with van der Waals surface area (Å²) < 4.78 is 4.93. The predicted octanol–water partition coefficient (Wildman–Crippen LogP) is 1.81. The molecule has 1 aromatic carbocycles. The number of aromatic nitrogens is 2. The number of benzene rings is 1. The van der Waals surface area contributed by atoms with Crippen LogP contribution in [0.25, 0.3) is 0 Å². The first-order valence-electron chi connectivity index (χ1n) is 6.60. The fraction of sp³-hybridized carbons (Fsp3) is 0.267. The summed E-state index contributed by atoms with van der Waals surface area (Å²) in [5.74, 6) is 0.420. The molecule has 0 saturated heterocycles. The number of carbonyl (C=O) groups excluding carboxylic acids is 1. The number of rotatable bonds is 6. The highest BCUT2D eigenvalue weighted by Crippen LogP contribution is 2.13. The van der Waals surface area contributed by atoms with Gasteiger partial charge in [0.15, 0.2) is 0 Å². The maximum Gasteiger partial charge on any atom is 0.278 e. The van der Waals surface area contributed by atoms with Crippen LogP contribution in [0.15, 0.2) is 42.7 Å². The Morgan fingerprint density at radius 3 is 2.62 bits per heavy atom. The van der Waals surface area contributed by atoms with Gasteiger partial charge in [0.25, 0.3) is 5.91 Å². The zero-order valence-electron chi connectivity index (χ0n) is 12.1. The van der Waals surface area contributed by atoms with Crippen molar-refractivity contribution in [3.05, 3.63) is 48.4 Å². The number of ether oxygens (including phenoxy) is 1. The zero-order valence-corrected chi connectivity index (χ0v) is 12.1. The largest absolute Gasteiger partial charge is 0.383 e. The number of nitrogens with one attached hydrogen (secondary N) is 1. The Labute approximate surface area is 123 Å². The molecule has 0 atom stereocenters. The Morgan fingerprint density at radius 2 is 2.00 bits per heavy atom. The van der Waals surface area contributed by atoms with Gasteiger partial charge in [0, 0.05) is 26.4 Å². The van der Waals surface area contributed by atoms with Gasteiger partial charge in [-0.05, 0) is 12.1 Å². The van der Waals surface area contributed by atoms with E-state index in [-0.39, 0.29) is 5.91 Å². The summed E-state index contributed by atoms with van der Waals surface area (Å²) in [5, 5.41) is 3.05. The van der Waals surface area contributed by atoms with Crippen LogP contribution < -0.4 is 10.2 Å². The summed E-state index contributed by atoms with van der Waals surface area (Å²) >= 11 is 0. The van der Waals surface area contributed by atoms with Crippen LogP contribution in [-0.2, 0) is 4.74 Å². The lowest BCUT2D eigenvalue weighted by atomic mass is 10.3. The first kappa shape index (κ1) is 14.9. The van der Waals surface area contributed by atoms with Crippen molar-refractivity contribution in [2.45, 2.75) is 0 Å². The standard InChI is InChI=1S/C15H18N4O2/c1-19(12-6-4-3-5-7-12)15(20)13-10-18-14(11-17-13)16-8-9-21-2/h3-7,10-11H,8-9H2,1-2H3,(H,16,18). The predicted molar refractivity (Wildman–Crippen MR) is 81.6 cm³/mol. The molecule has 1 aromatic heterocycles. The summed E-state index contributed by atoms with van der Waals surface area (Å²) in [6.45, 7) is 1.22. The van der Waals surface area contributed by atoms with E-state index < -0.39 is 0 Å². The molecule has 0 aliphatic heterocycles. The van der Waals surface area contributed by atoms with Crippen LogP contribution in [0.2, 0.25) is 0 Å². The number of carbonyl (C=O) groups is 1. The molecular formula is C15H18N4O2. The number of hydrogen-bond donors (Lipinski definition) is 1. The van der Waals surface area contributed by atoms with Crippen molar-refractivity contribution in [2.75, 3.05) is 37.5 Å². The summed E-state index contributed by atoms with van der Waals surface area (Å²) in [5.41, 5.74) is 1.12. The third-order valence-corrected chi connectivity index (χ3v) is 2.93. The molecule has 0 aliphatic carbocycles. The van der Waals surface area contributed by atoms with Gasteiger partial charge in [-0.25, -0.2) is 9.97 Å². The molecule has 0 unspecified atom stereocenters. The maximum absolute atomic E-state index is 12.3. The van der Waals surface area contributed by atoms with Crippen LogP contribution >= 0.6 is 0 Å². The van der Waals surface area contributed by atoms with Crippen LogP contribution in [0, 0.1) is 0 Å². The molecule has 0 aliphatic rings. The van der Waals surface area contributed by atoms with Crippen LogP contribution in [0.3, 0.4) is 0 Å². The van der Waals surface area contributed by atoms with Crippen LogP contribution in [-0.4, -0.2) is 43.2 Å². The van der Waals surface area contributed by atoms with Crippen LogP contribution in [0.5, 0.6) is 0 Å². The normalized spacial score (nSPS) is 10.2. The Morgan fingerprint density at radius 1 is 1.24 bits per heavy atom. The first-order chi connectivity index (χ1) is 10.2. The molecule has 2 rings (SSSR count). The molecule has 0 bridgehead atoms. The third kappa shape index (κ3) is 4.00. The lowest BCUT2D eigenvalue weighted by molar-refractivity contribution is 0.0988. The monoisotopic (exact) mass is 286 g/mol. The van der Waals surface area contributed by atoms with E-state index in [1.807, 2.05) is 30.3 Å². The van der Waals surface area contributed by atoms with Crippen molar-refractivity contribution >= 4 is 17.4 Å². The number of methoxy groups -OCH3 is 1. The highest BCUT2D eigenvalue weighted by atomic mass is 16.5. The van der Waals surface area contributed by atoms with Crippen LogP contribution in [0.4, 0.5) is 11.5 Å². The van der Waals surface area contributed by atoms with Crippen LogP contribution in [0.1, 0.15) is 10.5 Å². The fourth-order valence-electron chi connectivity index (χ4n) is 1.75. The molecule has 1 amide bonds. The second-order valence-corrected chi connectivity index (χ2v) is 4.41. The number of hydrogen-bond acceptors (Lipinski definition) is 5. The maximum atomic E-state index is 12.3. The van der Waals surface area contributed by atoms with Gasteiger partial charge < -0.3 is 15.0 Å². The Kier molecular flexibility index (Phi) is 5.22. The molecule has 6 heteroatoms. The zero-order chi connectivity index (χ0) is 15.1. The number of nitrogens with zero attached hydrogens (tertiary/aromatic N) is 3. The molecule has 0 saturated carbocycles. The topological polar surface area (TPSA) is 67.3 Å². The summed E-state index contributed by atoms with van der Waals surface area (Å²) in [6, 6.07) is 9.40. The van der Waals surface area contributed by atoms with Crippen molar-refractivity contribution in [1.29, 1.82) is 0 Å². The van der Waals surface area contributed by atoms with E-state index in [4.69, 9.17) is 4.74 Å². The van der Waals surface area contributed by atoms with E-state index in [1.54, 1.807) is 25.3 Å². The molecular weight excluding hydrogens is 268 g/mol. The summed E-state index contributed by atoms with van der Waals surface area (Å²) in [4.78, 5) is 22.2. The van der Waals surface area contributed by atoms with E-state index in [1.165, 1.54) is 6.20 Å². The minimum Gasteiger partial charge on any atom is -0.383 e. The molecule has 1 heterocycles. The molecule has 0 fully saturated rings. The fourth-order valence-corrected chi connectivity index (χ4v) is 1.75. The van der Waals surface area contributed by atoms with E-state index in [9.17, 15) is 4.79 Å². The van der Waals surface area contributed by atoms with Crippen molar-refractivity contribution in [3.8, 4) is 0 Å². The van der Waals surface area contributed by atoms with Gasteiger partial charge in [0.1, 0.15) is 11.5 Å². The van der Waals surface area contributed by atoms with Gasteiger partial charge in [0.05, 0.1) is 19.0 Å². The minimum atomic E-state index is -0.197. The Hall–Kier alpha value is -2.47. The number of para-hydroxylation sites is 1. The molecule has 1 N–H and O–H groups in total. The van der Waals surface area contributed by atoms with Gasteiger partial charge in [0.2, 0.25) is 0 Å². The lowest BCUT2D eigenvalue weighted by Gasteiger charge is -2.16. The van der Waals surface area contributed by atoms with Gasteiger partial charge in [-0.3, -0.25) is 4.79 Å². The van der Waals surface area contributed by atoms with Gasteiger partial charge in [-0.1, -0.05) is 18.2 Å². The van der Waals surface area contributed by atoms with Crippen molar-refractivity contribution in [1.82, 2.24) is 9.97 Å². The Balaban J connectivity index is 2.03. The van der Waals surface area contributed by atoms with E-state index in [0.717, 1.165) is 5.69 Å². The van der Waals surface area contributed by atoms with Crippen molar-refractivity contribution < 1.29 is 9.53 Å². The second-order valence-electron chi connectivity index (χ2n) is 4.41. The molecule has 6 nitrogen and oxygen atoms in total. The highest BCUT2D eigenvalue weighted by Gasteiger charge is 2.14. The SMILES string of the molecule is COCCNc1cnc(C(=O)N(C)c2ccccc2)cn1. The highest BCUT2D eigenvalue weighted by molar-refractivity contribution is 6.04. The van der Waals surface area contributed by atoms with E-state index in [2.05, 4.69) is 15.3 Å². The second kappa shape index (κ2) is 7.35. The molecule has 0 radical (unpaired) electrons. The summed E-state index contributed by atoms with van der Waals surface area (Å²) in [6.07, 6.45) is 3.01. The molecule has 21 heavy (non-hydrogen) atoms. The van der Waals surface area contributed by atoms with E-state index in [0.29, 0.717) is 24.7 Å². The van der Waals surface area contributed by atoms with Gasteiger partial charge in [-0.2, -0.15) is 0 Å². The summed E-state index contributed by atoms with van der Waals surface area (Å²) in [7, 11) is 3.35. The lowest BCUT2D eigenvalue weighted by Crippen LogP contribution is -2.27. The quantitative estimate of drug-likeness (QED) is 0.820. The average molecular weight is 286 g/mol. The molecule has 0 spiro atoms. The Bertz CT molecular complexity index is 572. The third-order valence-electron chi connectivity index (χ3n) is 2.93. The molecule has 2 aromatic rings. The number of amides is 1. The van der Waals surface area contributed by atoms with Gasteiger partial charge >= 0.3 is 0 Å².